The van der Waals surface area contributed by atoms with Crippen molar-refractivity contribution in [3.05, 3.63) is 59.2 Å². The number of hydrogen-bond acceptors (Lipinski definition) is 3. The second-order valence-corrected chi connectivity index (χ2v) is 5.85. The first-order valence-corrected chi connectivity index (χ1v) is 7.84. The minimum Gasteiger partial charge on any atom is -0.493 e. The zero-order valence-electron chi connectivity index (χ0n) is 13.5. The Morgan fingerprint density at radius 2 is 2.09 bits per heavy atom. The topological polar surface area (TPSA) is 47.6 Å². The lowest BCUT2D eigenvalue weighted by atomic mass is 10.0. The largest absolute Gasteiger partial charge is 0.493 e. The van der Waals surface area contributed by atoms with Crippen LogP contribution in [0.2, 0.25) is 0 Å². The molecule has 23 heavy (non-hydrogen) atoms. The van der Waals surface area contributed by atoms with Crippen molar-refractivity contribution in [3.63, 3.8) is 0 Å². The lowest BCUT2D eigenvalue weighted by molar-refractivity contribution is -0.124. The van der Waals surface area contributed by atoms with Gasteiger partial charge in [0.15, 0.2) is 6.61 Å². The SMILES string of the molecule is Cc1ccc(OCC(=O)N[C@H]2CCOc3ccccc32)c(C)c1. The highest BCUT2D eigenvalue weighted by Gasteiger charge is 2.22. The van der Waals surface area contributed by atoms with Crippen molar-refractivity contribution in [2.45, 2.75) is 26.3 Å². The summed E-state index contributed by atoms with van der Waals surface area (Å²) in [5.74, 6) is 1.48. The van der Waals surface area contributed by atoms with E-state index in [2.05, 4.69) is 5.32 Å². The Kier molecular flexibility index (Phi) is 4.51. The summed E-state index contributed by atoms with van der Waals surface area (Å²) in [7, 11) is 0. The van der Waals surface area contributed by atoms with Gasteiger partial charge in [-0.05, 0) is 31.5 Å². The molecule has 0 spiro atoms. The van der Waals surface area contributed by atoms with E-state index in [9.17, 15) is 4.79 Å². The number of amides is 1. The van der Waals surface area contributed by atoms with Crippen molar-refractivity contribution in [2.75, 3.05) is 13.2 Å². The molecule has 1 N–H and O–H groups in total. The summed E-state index contributed by atoms with van der Waals surface area (Å²) < 4.78 is 11.2. The van der Waals surface area contributed by atoms with Crippen LogP contribution in [-0.4, -0.2) is 19.1 Å². The Bertz CT molecular complexity index is 712. The third kappa shape index (κ3) is 3.65. The molecule has 0 saturated heterocycles. The van der Waals surface area contributed by atoms with E-state index in [4.69, 9.17) is 9.47 Å². The molecular weight excluding hydrogens is 290 g/mol. The summed E-state index contributed by atoms with van der Waals surface area (Å²) in [6.45, 7) is 4.64. The van der Waals surface area contributed by atoms with E-state index in [-0.39, 0.29) is 18.6 Å². The molecule has 2 aromatic rings. The fourth-order valence-corrected chi connectivity index (χ4v) is 2.83. The van der Waals surface area contributed by atoms with Gasteiger partial charge in [-0.2, -0.15) is 0 Å². The highest BCUT2D eigenvalue weighted by atomic mass is 16.5. The first-order chi connectivity index (χ1) is 11.1. The van der Waals surface area contributed by atoms with Crippen LogP contribution in [-0.2, 0) is 4.79 Å². The zero-order chi connectivity index (χ0) is 16.2. The molecule has 2 aromatic carbocycles. The highest BCUT2D eigenvalue weighted by Crippen LogP contribution is 2.31. The average molecular weight is 311 g/mol. The van der Waals surface area contributed by atoms with Gasteiger partial charge in [0.05, 0.1) is 12.6 Å². The van der Waals surface area contributed by atoms with Crippen LogP contribution in [0.3, 0.4) is 0 Å². The van der Waals surface area contributed by atoms with Crippen LogP contribution in [0.5, 0.6) is 11.5 Å². The van der Waals surface area contributed by atoms with E-state index in [1.165, 1.54) is 5.56 Å². The van der Waals surface area contributed by atoms with Gasteiger partial charge in [0.25, 0.3) is 5.91 Å². The van der Waals surface area contributed by atoms with Crippen LogP contribution >= 0.6 is 0 Å². The maximum absolute atomic E-state index is 12.2. The molecule has 3 rings (SSSR count). The lowest BCUT2D eigenvalue weighted by Crippen LogP contribution is -2.35. The lowest BCUT2D eigenvalue weighted by Gasteiger charge is -2.26. The Morgan fingerprint density at radius 1 is 1.26 bits per heavy atom. The van der Waals surface area contributed by atoms with E-state index in [0.717, 1.165) is 29.0 Å². The molecule has 0 aromatic heterocycles. The predicted molar refractivity (Wildman–Crippen MR) is 88.8 cm³/mol. The maximum atomic E-state index is 12.2. The number of aryl methyl sites for hydroxylation is 2. The molecule has 4 nitrogen and oxygen atoms in total. The summed E-state index contributed by atoms with van der Waals surface area (Å²) in [5, 5.41) is 3.03. The van der Waals surface area contributed by atoms with Crippen molar-refractivity contribution in [1.29, 1.82) is 0 Å². The molecule has 1 heterocycles. The summed E-state index contributed by atoms with van der Waals surface area (Å²) in [6, 6.07) is 13.7. The van der Waals surface area contributed by atoms with E-state index in [0.29, 0.717) is 6.61 Å². The van der Waals surface area contributed by atoms with Crippen molar-refractivity contribution >= 4 is 5.91 Å². The van der Waals surface area contributed by atoms with Gasteiger partial charge in [0.2, 0.25) is 0 Å². The number of rotatable bonds is 4. The van der Waals surface area contributed by atoms with Gasteiger partial charge in [0, 0.05) is 12.0 Å². The molecule has 0 bridgehead atoms. The van der Waals surface area contributed by atoms with Gasteiger partial charge in [-0.1, -0.05) is 35.9 Å². The average Bonchev–Trinajstić information content (AvgIpc) is 2.54. The quantitative estimate of drug-likeness (QED) is 0.942. The standard InChI is InChI=1S/C19H21NO3/c1-13-7-8-17(14(2)11-13)23-12-19(21)20-16-9-10-22-18-6-4-3-5-15(16)18/h3-8,11,16H,9-10,12H2,1-2H3,(H,20,21)/t16-/m0/s1. The number of benzene rings is 2. The van der Waals surface area contributed by atoms with Crippen molar-refractivity contribution in [2.24, 2.45) is 0 Å². The van der Waals surface area contributed by atoms with Crippen LogP contribution < -0.4 is 14.8 Å². The summed E-state index contributed by atoms with van der Waals surface area (Å²) in [4.78, 5) is 12.2. The molecule has 1 aliphatic heterocycles. The molecule has 1 aliphatic rings. The Balaban J connectivity index is 1.60. The maximum Gasteiger partial charge on any atom is 0.258 e. The molecule has 1 atom stereocenters. The first-order valence-electron chi connectivity index (χ1n) is 7.84. The fraction of sp³-hybridized carbons (Fsp3) is 0.316. The van der Waals surface area contributed by atoms with E-state index >= 15 is 0 Å². The third-order valence-electron chi connectivity index (χ3n) is 3.98. The van der Waals surface area contributed by atoms with Crippen LogP contribution in [0.1, 0.15) is 29.2 Å². The molecule has 4 heteroatoms. The van der Waals surface area contributed by atoms with E-state index in [1.807, 2.05) is 56.3 Å². The molecule has 0 aliphatic carbocycles. The van der Waals surface area contributed by atoms with E-state index in [1.54, 1.807) is 0 Å². The molecular formula is C19H21NO3. The number of hydrogen-bond donors (Lipinski definition) is 1. The van der Waals surface area contributed by atoms with E-state index < -0.39 is 0 Å². The molecule has 0 unspecified atom stereocenters. The number of para-hydroxylation sites is 1. The summed E-state index contributed by atoms with van der Waals surface area (Å²) in [5.41, 5.74) is 3.24. The van der Waals surface area contributed by atoms with Gasteiger partial charge >= 0.3 is 0 Å². The van der Waals surface area contributed by atoms with Crippen LogP contribution in [0.4, 0.5) is 0 Å². The fourth-order valence-electron chi connectivity index (χ4n) is 2.83. The van der Waals surface area contributed by atoms with Gasteiger partial charge in [-0.15, -0.1) is 0 Å². The minimum absolute atomic E-state index is 0.0173. The Hall–Kier alpha value is -2.49. The minimum atomic E-state index is -0.119. The molecule has 120 valence electrons. The number of fused-ring (bicyclic) bond motifs is 1. The molecule has 0 radical (unpaired) electrons. The van der Waals surface area contributed by atoms with Gasteiger partial charge in [0.1, 0.15) is 11.5 Å². The number of carbonyl (C=O) groups excluding carboxylic acids is 1. The molecule has 0 saturated carbocycles. The van der Waals surface area contributed by atoms with Crippen LogP contribution in [0.25, 0.3) is 0 Å². The van der Waals surface area contributed by atoms with Crippen molar-refractivity contribution < 1.29 is 14.3 Å². The summed E-state index contributed by atoms with van der Waals surface area (Å²) >= 11 is 0. The monoisotopic (exact) mass is 311 g/mol. The predicted octanol–water partition coefficient (Wildman–Crippen LogP) is 3.32. The Morgan fingerprint density at radius 3 is 2.91 bits per heavy atom. The van der Waals surface area contributed by atoms with Gasteiger partial charge < -0.3 is 14.8 Å². The first kappa shape index (κ1) is 15.4. The second-order valence-electron chi connectivity index (χ2n) is 5.85. The van der Waals surface area contributed by atoms with Gasteiger partial charge in [-0.25, -0.2) is 0 Å². The second kappa shape index (κ2) is 6.73. The van der Waals surface area contributed by atoms with Crippen LogP contribution in [0.15, 0.2) is 42.5 Å². The van der Waals surface area contributed by atoms with Crippen molar-refractivity contribution in [3.8, 4) is 11.5 Å². The Labute approximate surface area is 136 Å². The van der Waals surface area contributed by atoms with Crippen molar-refractivity contribution in [1.82, 2.24) is 5.32 Å². The number of nitrogens with one attached hydrogen (secondary N) is 1. The van der Waals surface area contributed by atoms with Gasteiger partial charge in [-0.3, -0.25) is 4.79 Å². The smallest absolute Gasteiger partial charge is 0.258 e. The highest BCUT2D eigenvalue weighted by molar-refractivity contribution is 5.78. The van der Waals surface area contributed by atoms with Crippen LogP contribution in [0, 0.1) is 13.8 Å². The zero-order valence-corrected chi connectivity index (χ0v) is 13.5. The number of ether oxygens (including phenoxy) is 2. The summed E-state index contributed by atoms with van der Waals surface area (Å²) in [6.07, 6.45) is 0.770. The molecule has 1 amide bonds. The normalized spacial score (nSPS) is 16.2. The molecule has 0 fully saturated rings. The number of carbonyl (C=O) groups is 1. The third-order valence-corrected chi connectivity index (χ3v) is 3.98.